The van der Waals surface area contributed by atoms with Crippen LogP contribution in [-0.4, -0.2) is 22.5 Å². The molecule has 0 aliphatic carbocycles. The van der Waals surface area contributed by atoms with Gasteiger partial charge in [-0.1, -0.05) is 37.5 Å². The van der Waals surface area contributed by atoms with E-state index in [2.05, 4.69) is 0 Å². The standard InChI is InChI=1S/C15H22O3S/c1-5-6-7-14(15(16)18-4)19(17)13-9-8-11(2)10-12(13)3/h8-10,14H,5-7H2,1-4H3. The SMILES string of the molecule is CCCCC(C(=O)OC)S(=O)c1ccc(C)cc1C. The van der Waals surface area contributed by atoms with Crippen molar-refractivity contribution in [1.82, 2.24) is 0 Å². The van der Waals surface area contributed by atoms with E-state index in [4.69, 9.17) is 4.74 Å². The summed E-state index contributed by atoms with van der Waals surface area (Å²) in [6.45, 7) is 5.97. The zero-order valence-electron chi connectivity index (χ0n) is 12.1. The first kappa shape index (κ1) is 15.9. The minimum Gasteiger partial charge on any atom is -0.468 e. The van der Waals surface area contributed by atoms with Crippen LogP contribution in [0.15, 0.2) is 23.1 Å². The fraction of sp³-hybridized carbons (Fsp3) is 0.533. The molecule has 0 bridgehead atoms. The molecule has 0 aromatic heterocycles. The number of hydrogen-bond donors (Lipinski definition) is 0. The van der Waals surface area contributed by atoms with Crippen LogP contribution in [-0.2, 0) is 20.3 Å². The summed E-state index contributed by atoms with van der Waals surface area (Å²) in [6.07, 6.45) is 2.44. The lowest BCUT2D eigenvalue weighted by molar-refractivity contribution is -0.140. The van der Waals surface area contributed by atoms with Crippen LogP contribution >= 0.6 is 0 Å². The van der Waals surface area contributed by atoms with E-state index in [0.717, 1.165) is 28.9 Å². The van der Waals surface area contributed by atoms with E-state index in [9.17, 15) is 9.00 Å². The Morgan fingerprint density at radius 3 is 2.58 bits per heavy atom. The number of carbonyl (C=O) groups is 1. The third kappa shape index (κ3) is 4.16. The number of unbranched alkanes of at least 4 members (excludes halogenated alkanes) is 1. The summed E-state index contributed by atoms with van der Waals surface area (Å²) < 4.78 is 17.4. The highest BCUT2D eigenvalue weighted by Gasteiger charge is 2.27. The van der Waals surface area contributed by atoms with Crippen molar-refractivity contribution in [1.29, 1.82) is 0 Å². The van der Waals surface area contributed by atoms with Crippen molar-refractivity contribution in [2.75, 3.05) is 7.11 Å². The van der Waals surface area contributed by atoms with Crippen molar-refractivity contribution >= 4 is 16.8 Å². The number of methoxy groups -OCH3 is 1. The molecule has 1 aromatic carbocycles. The van der Waals surface area contributed by atoms with E-state index in [1.54, 1.807) is 0 Å². The van der Waals surface area contributed by atoms with Crippen molar-refractivity contribution in [2.45, 2.75) is 50.2 Å². The van der Waals surface area contributed by atoms with Crippen molar-refractivity contribution < 1.29 is 13.7 Å². The van der Waals surface area contributed by atoms with Gasteiger partial charge < -0.3 is 4.74 Å². The number of aryl methyl sites for hydroxylation is 2. The Bertz CT molecular complexity index is 468. The van der Waals surface area contributed by atoms with Crippen LogP contribution in [0.1, 0.15) is 37.3 Å². The van der Waals surface area contributed by atoms with Crippen LogP contribution in [0.5, 0.6) is 0 Å². The average molecular weight is 282 g/mol. The molecule has 0 spiro atoms. The number of rotatable bonds is 6. The van der Waals surface area contributed by atoms with Gasteiger partial charge in [0.15, 0.2) is 0 Å². The monoisotopic (exact) mass is 282 g/mol. The normalized spacial score (nSPS) is 13.9. The van der Waals surface area contributed by atoms with Gasteiger partial charge in [-0.15, -0.1) is 0 Å². The summed E-state index contributed by atoms with van der Waals surface area (Å²) in [6, 6.07) is 5.76. The first-order valence-electron chi connectivity index (χ1n) is 6.57. The van der Waals surface area contributed by atoms with Crippen LogP contribution in [0.25, 0.3) is 0 Å². The van der Waals surface area contributed by atoms with Gasteiger partial charge in [0.05, 0.1) is 17.9 Å². The molecule has 106 valence electrons. The van der Waals surface area contributed by atoms with Gasteiger partial charge in [0.2, 0.25) is 0 Å². The van der Waals surface area contributed by atoms with Gasteiger partial charge in [-0.3, -0.25) is 9.00 Å². The molecule has 1 rings (SSSR count). The highest BCUT2D eigenvalue weighted by molar-refractivity contribution is 7.86. The summed E-state index contributed by atoms with van der Waals surface area (Å²) in [7, 11) is 0.000659. The zero-order chi connectivity index (χ0) is 14.4. The number of benzene rings is 1. The molecule has 19 heavy (non-hydrogen) atoms. The lowest BCUT2D eigenvalue weighted by Gasteiger charge is -2.15. The number of esters is 1. The molecular formula is C15H22O3S. The minimum absolute atomic E-state index is 0.383. The third-order valence-electron chi connectivity index (χ3n) is 3.09. The zero-order valence-corrected chi connectivity index (χ0v) is 12.9. The highest BCUT2D eigenvalue weighted by Crippen LogP contribution is 2.21. The predicted octanol–water partition coefficient (Wildman–Crippen LogP) is 3.14. The molecule has 0 amide bonds. The van der Waals surface area contributed by atoms with Gasteiger partial charge in [0.25, 0.3) is 0 Å². The van der Waals surface area contributed by atoms with E-state index in [0.29, 0.717) is 6.42 Å². The number of carbonyl (C=O) groups excluding carboxylic acids is 1. The lowest BCUT2D eigenvalue weighted by atomic mass is 10.2. The topological polar surface area (TPSA) is 43.4 Å². The summed E-state index contributed by atoms with van der Waals surface area (Å²) in [5, 5.41) is -0.564. The Labute approximate surface area is 117 Å². The van der Waals surface area contributed by atoms with Crippen molar-refractivity contribution in [2.24, 2.45) is 0 Å². The lowest BCUT2D eigenvalue weighted by Crippen LogP contribution is -2.27. The maximum absolute atomic E-state index is 12.6. The van der Waals surface area contributed by atoms with Gasteiger partial charge in [-0.25, -0.2) is 0 Å². The molecule has 0 N–H and O–H groups in total. The molecule has 3 nitrogen and oxygen atoms in total. The molecule has 0 aliphatic heterocycles. The largest absolute Gasteiger partial charge is 0.468 e. The Morgan fingerprint density at radius 2 is 2.05 bits per heavy atom. The maximum atomic E-state index is 12.6. The second-order valence-electron chi connectivity index (χ2n) is 4.72. The average Bonchev–Trinajstić information content (AvgIpc) is 2.38. The molecule has 0 aliphatic rings. The van der Waals surface area contributed by atoms with Crippen LogP contribution in [0.2, 0.25) is 0 Å². The quantitative estimate of drug-likeness (QED) is 0.753. The van der Waals surface area contributed by atoms with E-state index < -0.39 is 16.0 Å². The van der Waals surface area contributed by atoms with Crippen molar-refractivity contribution in [3.05, 3.63) is 29.3 Å². The van der Waals surface area contributed by atoms with Crippen LogP contribution in [0.3, 0.4) is 0 Å². The van der Waals surface area contributed by atoms with Crippen molar-refractivity contribution in [3.8, 4) is 0 Å². The van der Waals surface area contributed by atoms with E-state index in [-0.39, 0.29) is 5.97 Å². The maximum Gasteiger partial charge on any atom is 0.321 e. The van der Waals surface area contributed by atoms with Crippen LogP contribution in [0.4, 0.5) is 0 Å². The Hall–Kier alpha value is -1.16. The second-order valence-corrected chi connectivity index (χ2v) is 6.32. The first-order valence-corrected chi connectivity index (χ1v) is 7.78. The molecule has 0 saturated carbocycles. The van der Waals surface area contributed by atoms with Gasteiger partial charge in [-0.05, 0) is 31.9 Å². The van der Waals surface area contributed by atoms with Crippen molar-refractivity contribution in [3.63, 3.8) is 0 Å². The third-order valence-corrected chi connectivity index (χ3v) is 4.93. The molecule has 0 heterocycles. The van der Waals surface area contributed by atoms with E-state index >= 15 is 0 Å². The van der Waals surface area contributed by atoms with Crippen LogP contribution < -0.4 is 0 Å². The summed E-state index contributed by atoms with van der Waals surface area (Å²) in [4.78, 5) is 12.5. The first-order chi connectivity index (χ1) is 9.01. The highest BCUT2D eigenvalue weighted by atomic mass is 32.2. The fourth-order valence-corrected chi connectivity index (χ4v) is 3.55. The Morgan fingerprint density at radius 1 is 1.37 bits per heavy atom. The van der Waals surface area contributed by atoms with Gasteiger partial charge in [0.1, 0.15) is 5.25 Å². The molecule has 2 unspecified atom stereocenters. The second kappa shape index (κ2) is 7.43. The van der Waals surface area contributed by atoms with Gasteiger partial charge in [-0.2, -0.15) is 0 Å². The summed E-state index contributed by atoms with van der Waals surface area (Å²) in [5.41, 5.74) is 2.09. The molecule has 4 heteroatoms. The predicted molar refractivity (Wildman–Crippen MR) is 77.7 cm³/mol. The molecule has 0 saturated heterocycles. The van der Waals surface area contributed by atoms with Gasteiger partial charge >= 0.3 is 5.97 Å². The van der Waals surface area contributed by atoms with E-state index in [1.165, 1.54) is 7.11 Å². The van der Waals surface area contributed by atoms with E-state index in [1.807, 2.05) is 39.0 Å². The Kier molecular flexibility index (Phi) is 6.22. The molecular weight excluding hydrogens is 260 g/mol. The molecule has 0 fully saturated rings. The molecule has 1 aromatic rings. The minimum atomic E-state index is -1.35. The molecule has 0 radical (unpaired) electrons. The number of hydrogen-bond acceptors (Lipinski definition) is 3. The van der Waals surface area contributed by atoms with Crippen LogP contribution in [0, 0.1) is 13.8 Å². The van der Waals surface area contributed by atoms with Gasteiger partial charge in [0, 0.05) is 4.90 Å². The fourth-order valence-electron chi connectivity index (χ4n) is 2.01. The summed E-state index contributed by atoms with van der Waals surface area (Å²) in [5.74, 6) is -0.383. The number of ether oxygens (including phenoxy) is 1. The Balaban J connectivity index is 3.01. The smallest absolute Gasteiger partial charge is 0.321 e. The summed E-state index contributed by atoms with van der Waals surface area (Å²) >= 11 is 0. The molecule has 2 atom stereocenters.